The second-order valence-electron chi connectivity index (χ2n) is 3.41. The van der Waals surface area contributed by atoms with Gasteiger partial charge in [-0.1, -0.05) is 21.5 Å². The van der Waals surface area contributed by atoms with Gasteiger partial charge in [0.05, 0.1) is 5.02 Å². The van der Waals surface area contributed by atoms with Crippen LogP contribution in [-0.2, 0) is 4.79 Å². The Hall–Kier alpha value is -2.35. The predicted molar refractivity (Wildman–Crippen MR) is 60.7 cm³/mol. The average Bonchev–Trinajstić information content (AvgIpc) is 2.68. The molecule has 1 aromatic carbocycles. The summed E-state index contributed by atoms with van der Waals surface area (Å²) in [5.41, 5.74) is 0.225. The van der Waals surface area contributed by atoms with Gasteiger partial charge in [-0.05, 0) is 18.2 Å². The van der Waals surface area contributed by atoms with Crippen LogP contribution in [0.5, 0.6) is 6.01 Å². The molecule has 2 N–H and O–H groups in total. The number of ether oxygens (including phenoxy) is 1. The van der Waals surface area contributed by atoms with Gasteiger partial charge < -0.3 is 15.1 Å². The molecule has 100 valence electrons. The van der Waals surface area contributed by atoms with E-state index in [1.165, 1.54) is 6.07 Å². The number of carbonyl (C=O) groups is 1. The molecule has 1 heterocycles. The van der Waals surface area contributed by atoms with Crippen molar-refractivity contribution in [2.45, 2.75) is 0 Å². The van der Waals surface area contributed by atoms with Gasteiger partial charge >= 0.3 is 12.0 Å². The number of nitrogens with zero attached hydrogens (tertiary/aromatic N) is 3. The van der Waals surface area contributed by atoms with Crippen LogP contribution >= 0.6 is 11.6 Å². The summed E-state index contributed by atoms with van der Waals surface area (Å²) in [6, 6.07) is 3.15. The van der Waals surface area contributed by atoms with Gasteiger partial charge in [0.15, 0.2) is 6.61 Å². The van der Waals surface area contributed by atoms with Crippen molar-refractivity contribution in [1.29, 1.82) is 0 Å². The fraction of sp³-hybridized carbons (Fsp3) is 0.100. The first-order valence-electron chi connectivity index (χ1n) is 4.93. The van der Waals surface area contributed by atoms with E-state index in [0.29, 0.717) is 4.85 Å². The van der Waals surface area contributed by atoms with Crippen molar-refractivity contribution in [2.24, 2.45) is 0 Å². The normalized spacial score (nSPS) is 10.4. The summed E-state index contributed by atoms with van der Waals surface area (Å²) in [5, 5.41) is 21.4. The fourth-order valence-corrected chi connectivity index (χ4v) is 1.56. The largest absolute Gasteiger partial charge is 0.479 e. The van der Waals surface area contributed by atoms with Crippen LogP contribution < -0.4 is 4.74 Å². The highest BCUT2D eigenvalue weighted by Gasteiger charge is 2.16. The first kappa shape index (κ1) is 13.1. The Kier molecular flexibility index (Phi) is 3.52. The number of hydrogen-bond acceptors (Lipinski definition) is 5. The van der Waals surface area contributed by atoms with Crippen molar-refractivity contribution in [1.82, 2.24) is 14.9 Å². The molecular weight excluding hydrogens is 281 g/mol. The van der Waals surface area contributed by atoms with Crippen LogP contribution in [0, 0.1) is 5.82 Å². The summed E-state index contributed by atoms with van der Waals surface area (Å²) in [5.74, 6) is -1.85. The SMILES string of the molecule is O=C(O)COc1nc(-c2ccc(F)cc2Cl)n(O)n1. The molecule has 0 amide bonds. The van der Waals surface area contributed by atoms with Crippen molar-refractivity contribution in [3.05, 3.63) is 29.0 Å². The van der Waals surface area contributed by atoms with E-state index < -0.39 is 18.4 Å². The number of hydrogen-bond donors (Lipinski definition) is 2. The Labute approximate surface area is 110 Å². The molecule has 2 rings (SSSR count). The molecule has 0 spiro atoms. The molecule has 0 saturated heterocycles. The lowest BCUT2D eigenvalue weighted by atomic mass is 10.2. The Morgan fingerprint density at radius 2 is 2.26 bits per heavy atom. The molecule has 0 unspecified atom stereocenters. The molecule has 2 aromatic rings. The lowest BCUT2D eigenvalue weighted by Gasteiger charge is -2.01. The quantitative estimate of drug-likeness (QED) is 0.826. The highest BCUT2D eigenvalue weighted by atomic mass is 35.5. The van der Waals surface area contributed by atoms with Crippen LogP contribution in [0.4, 0.5) is 4.39 Å². The highest BCUT2D eigenvalue weighted by Crippen LogP contribution is 2.27. The molecule has 0 fully saturated rings. The molecule has 0 bridgehead atoms. The van der Waals surface area contributed by atoms with Crippen LogP contribution in [-0.4, -0.2) is 37.8 Å². The monoisotopic (exact) mass is 287 g/mol. The van der Waals surface area contributed by atoms with E-state index in [1.807, 2.05) is 0 Å². The van der Waals surface area contributed by atoms with E-state index in [1.54, 1.807) is 0 Å². The number of carboxylic acid groups (broad SMARTS) is 1. The molecule has 7 nitrogen and oxygen atoms in total. The summed E-state index contributed by atoms with van der Waals surface area (Å²) in [6.07, 6.45) is 0. The first-order chi connectivity index (χ1) is 8.97. The van der Waals surface area contributed by atoms with E-state index in [0.717, 1.165) is 12.1 Å². The lowest BCUT2D eigenvalue weighted by molar-refractivity contribution is -0.139. The zero-order valence-electron chi connectivity index (χ0n) is 9.25. The highest BCUT2D eigenvalue weighted by molar-refractivity contribution is 6.33. The zero-order valence-corrected chi connectivity index (χ0v) is 10.0. The maximum atomic E-state index is 12.9. The standard InChI is InChI=1S/C10H7ClFN3O4/c11-7-3-5(12)1-2-6(7)9-13-10(14-15(9)18)19-4-8(16)17/h1-3,18H,4H2,(H,16,17). The number of aliphatic carboxylic acids is 1. The van der Waals surface area contributed by atoms with Gasteiger partial charge in [0.25, 0.3) is 0 Å². The van der Waals surface area contributed by atoms with Gasteiger partial charge in [0.1, 0.15) is 5.82 Å². The number of aromatic nitrogens is 3. The van der Waals surface area contributed by atoms with Crippen molar-refractivity contribution in [2.75, 3.05) is 6.61 Å². The number of rotatable bonds is 4. The first-order valence-corrected chi connectivity index (χ1v) is 5.31. The number of halogens is 2. The molecule has 9 heteroatoms. The minimum absolute atomic E-state index is 0.0208. The molecule has 0 aliphatic carbocycles. The minimum Gasteiger partial charge on any atom is -0.479 e. The van der Waals surface area contributed by atoms with Crippen LogP contribution in [0.3, 0.4) is 0 Å². The van der Waals surface area contributed by atoms with E-state index in [9.17, 15) is 14.4 Å². The van der Waals surface area contributed by atoms with Crippen molar-refractivity contribution in [3.63, 3.8) is 0 Å². The Morgan fingerprint density at radius 3 is 2.89 bits per heavy atom. The molecule has 0 atom stereocenters. The summed E-state index contributed by atoms with van der Waals surface area (Å²) in [6.45, 7) is -0.652. The number of carboxylic acids is 1. The third kappa shape index (κ3) is 2.91. The topological polar surface area (TPSA) is 97.5 Å². The molecule has 0 aliphatic heterocycles. The van der Waals surface area contributed by atoms with Crippen LogP contribution in [0.1, 0.15) is 0 Å². The number of benzene rings is 1. The van der Waals surface area contributed by atoms with Gasteiger partial charge in [-0.15, -0.1) is 0 Å². The summed E-state index contributed by atoms with van der Waals surface area (Å²) < 4.78 is 17.6. The second-order valence-corrected chi connectivity index (χ2v) is 3.82. The Morgan fingerprint density at radius 1 is 1.53 bits per heavy atom. The zero-order chi connectivity index (χ0) is 14.0. The molecule has 0 aliphatic rings. The predicted octanol–water partition coefficient (Wildman–Crippen LogP) is 1.44. The second kappa shape index (κ2) is 5.11. The van der Waals surface area contributed by atoms with E-state index in [-0.39, 0.29) is 22.4 Å². The molecule has 19 heavy (non-hydrogen) atoms. The van der Waals surface area contributed by atoms with Gasteiger partial charge in [-0.25, -0.2) is 9.18 Å². The van der Waals surface area contributed by atoms with Crippen LogP contribution in [0.2, 0.25) is 5.02 Å². The third-order valence-electron chi connectivity index (χ3n) is 2.07. The van der Waals surface area contributed by atoms with Gasteiger partial charge in [0.2, 0.25) is 5.82 Å². The average molecular weight is 288 g/mol. The van der Waals surface area contributed by atoms with E-state index >= 15 is 0 Å². The van der Waals surface area contributed by atoms with Crippen molar-refractivity contribution >= 4 is 17.6 Å². The van der Waals surface area contributed by atoms with Crippen molar-refractivity contribution < 1.29 is 24.2 Å². The van der Waals surface area contributed by atoms with Crippen molar-refractivity contribution in [3.8, 4) is 17.4 Å². The lowest BCUT2D eigenvalue weighted by Crippen LogP contribution is -2.10. The minimum atomic E-state index is -1.21. The maximum Gasteiger partial charge on any atom is 0.341 e. The molecular formula is C10H7ClFN3O4. The van der Waals surface area contributed by atoms with Gasteiger partial charge in [-0.3, -0.25) is 0 Å². The molecule has 1 aromatic heterocycles. The summed E-state index contributed by atoms with van der Waals surface area (Å²) in [7, 11) is 0. The van der Waals surface area contributed by atoms with E-state index in [4.69, 9.17) is 21.4 Å². The maximum absolute atomic E-state index is 12.9. The molecule has 0 radical (unpaired) electrons. The van der Waals surface area contributed by atoms with E-state index in [2.05, 4.69) is 10.1 Å². The Bertz CT molecular complexity index is 631. The van der Waals surface area contributed by atoms with Gasteiger partial charge in [0, 0.05) is 5.56 Å². The van der Waals surface area contributed by atoms with Gasteiger partial charge in [-0.2, -0.15) is 4.98 Å². The smallest absolute Gasteiger partial charge is 0.341 e. The Balaban J connectivity index is 2.32. The third-order valence-corrected chi connectivity index (χ3v) is 2.38. The van der Waals surface area contributed by atoms with Crippen LogP contribution in [0.25, 0.3) is 11.4 Å². The van der Waals surface area contributed by atoms with Crippen LogP contribution in [0.15, 0.2) is 18.2 Å². The summed E-state index contributed by atoms with van der Waals surface area (Å²) in [4.78, 5) is 14.4. The summed E-state index contributed by atoms with van der Waals surface area (Å²) >= 11 is 5.81. The fourth-order valence-electron chi connectivity index (χ4n) is 1.31. The molecule has 0 saturated carbocycles.